The van der Waals surface area contributed by atoms with Crippen molar-refractivity contribution < 1.29 is 32.2 Å². The molecule has 0 radical (unpaired) electrons. The van der Waals surface area contributed by atoms with E-state index in [1.807, 2.05) is 0 Å². The van der Waals surface area contributed by atoms with Crippen molar-refractivity contribution in [2.45, 2.75) is 51.7 Å². The highest BCUT2D eigenvalue weighted by atomic mass is 19.4. The Morgan fingerprint density at radius 3 is 2.45 bits per heavy atom. The first-order valence-corrected chi connectivity index (χ1v) is 7.51. The van der Waals surface area contributed by atoms with Gasteiger partial charge in [-0.05, 0) is 44.9 Å². The summed E-state index contributed by atoms with van der Waals surface area (Å²) < 4.78 is 50.3. The van der Waals surface area contributed by atoms with E-state index in [0.717, 1.165) is 25.7 Å². The van der Waals surface area contributed by atoms with Gasteiger partial charge in [0, 0.05) is 5.92 Å². The van der Waals surface area contributed by atoms with Crippen LogP contribution in [0.25, 0.3) is 0 Å². The second kappa shape index (κ2) is 7.46. The third-order valence-electron chi connectivity index (χ3n) is 4.10. The predicted octanol–water partition coefficient (Wildman–Crippen LogP) is 3.57. The zero-order valence-electron chi connectivity index (χ0n) is 12.5. The summed E-state index contributed by atoms with van der Waals surface area (Å²) in [5.41, 5.74) is 1.44. The molecule has 0 spiro atoms. The van der Waals surface area contributed by atoms with E-state index in [0.29, 0.717) is 5.92 Å². The zero-order chi connectivity index (χ0) is 16.2. The average molecular weight is 322 g/mol. The van der Waals surface area contributed by atoms with Gasteiger partial charge in [0.2, 0.25) is 0 Å². The second-order valence-corrected chi connectivity index (χ2v) is 5.99. The zero-order valence-corrected chi connectivity index (χ0v) is 12.5. The highest BCUT2D eigenvalue weighted by molar-refractivity contribution is 5.75. The minimum Gasteiger partial charge on any atom is -0.404 e. The molecule has 1 aliphatic heterocycles. The van der Waals surface area contributed by atoms with E-state index in [9.17, 15) is 18.0 Å². The van der Waals surface area contributed by atoms with Crippen molar-refractivity contribution in [2.24, 2.45) is 11.8 Å². The van der Waals surface area contributed by atoms with Crippen LogP contribution in [0.5, 0.6) is 0 Å². The van der Waals surface area contributed by atoms with Crippen molar-refractivity contribution in [3.05, 3.63) is 11.6 Å². The summed E-state index contributed by atoms with van der Waals surface area (Å²) in [7, 11) is 0. The summed E-state index contributed by atoms with van der Waals surface area (Å²) in [4.78, 5) is 10.7. The quantitative estimate of drug-likeness (QED) is 0.586. The van der Waals surface area contributed by atoms with Gasteiger partial charge in [0.25, 0.3) is 0 Å². The minimum atomic E-state index is -5.03. The van der Waals surface area contributed by atoms with Crippen LogP contribution in [0.15, 0.2) is 11.6 Å². The van der Waals surface area contributed by atoms with E-state index in [4.69, 9.17) is 9.47 Å². The maximum atomic E-state index is 12.0. The number of carbonyl (C=O) groups excluding carboxylic acids is 1. The number of allylic oxidation sites excluding steroid dienone is 2. The number of rotatable bonds is 4. The molecule has 2 rings (SSSR count). The third kappa shape index (κ3) is 5.28. The average Bonchev–Trinajstić information content (AvgIpc) is 2.47. The summed E-state index contributed by atoms with van der Waals surface area (Å²) in [6, 6.07) is 0. The van der Waals surface area contributed by atoms with Gasteiger partial charge >= 0.3 is 18.6 Å². The highest BCUT2D eigenvalue weighted by Gasteiger charge is 2.43. The molecule has 1 aliphatic carbocycles. The molecule has 0 saturated carbocycles. The number of alkyl halides is 3. The summed E-state index contributed by atoms with van der Waals surface area (Å²) >= 11 is 0. The molecule has 0 bridgehead atoms. The molecule has 22 heavy (non-hydrogen) atoms. The lowest BCUT2D eigenvalue weighted by molar-refractivity contribution is -0.321. The van der Waals surface area contributed by atoms with Crippen LogP contribution < -0.4 is 0 Å². The van der Waals surface area contributed by atoms with Crippen molar-refractivity contribution in [2.75, 3.05) is 13.2 Å². The van der Waals surface area contributed by atoms with Crippen molar-refractivity contribution in [1.82, 2.24) is 0 Å². The molecule has 0 aromatic heterocycles. The largest absolute Gasteiger partial charge is 0.491 e. The Hall–Kier alpha value is -1.08. The molecule has 1 fully saturated rings. The Balaban J connectivity index is 1.64. The fourth-order valence-electron chi connectivity index (χ4n) is 2.67. The lowest BCUT2D eigenvalue weighted by atomic mass is 9.85. The summed E-state index contributed by atoms with van der Waals surface area (Å²) in [6.07, 6.45) is 2.60. The van der Waals surface area contributed by atoms with Crippen LogP contribution in [-0.4, -0.2) is 31.8 Å². The molecule has 0 aromatic rings. The van der Waals surface area contributed by atoms with E-state index >= 15 is 0 Å². The Bertz CT molecular complexity index is 412. The fraction of sp³-hybridized carbons (Fsp3) is 0.800. The molecule has 0 N–H and O–H groups in total. The molecule has 7 heteroatoms. The van der Waals surface area contributed by atoms with Crippen LogP contribution in [-0.2, 0) is 19.0 Å². The van der Waals surface area contributed by atoms with E-state index in [2.05, 4.69) is 17.7 Å². The lowest BCUT2D eigenvalue weighted by Gasteiger charge is -2.30. The van der Waals surface area contributed by atoms with Gasteiger partial charge in [-0.2, -0.15) is 13.2 Å². The van der Waals surface area contributed by atoms with Crippen LogP contribution in [0.2, 0.25) is 0 Å². The van der Waals surface area contributed by atoms with E-state index in [1.54, 1.807) is 0 Å². The molecule has 2 aliphatic rings. The predicted molar refractivity (Wildman–Crippen MR) is 71.7 cm³/mol. The Morgan fingerprint density at radius 1 is 1.27 bits per heavy atom. The van der Waals surface area contributed by atoms with Gasteiger partial charge in [0.15, 0.2) is 0 Å². The van der Waals surface area contributed by atoms with Gasteiger partial charge in [-0.3, -0.25) is 0 Å². The molecule has 0 aromatic carbocycles. The number of halogens is 3. The normalized spacial score (nSPS) is 29.8. The second-order valence-electron chi connectivity index (χ2n) is 5.99. The Morgan fingerprint density at radius 2 is 1.91 bits per heavy atom. The van der Waals surface area contributed by atoms with Crippen molar-refractivity contribution >= 4 is 5.97 Å². The van der Waals surface area contributed by atoms with Crippen LogP contribution >= 0.6 is 0 Å². The number of carbonyl (C=O) groups is 1. The fourth-order valence-corrected chi connectivity index (χ4v) is 2.67. The molecular formula is C15H21F3O4. The minimum absolute atomic E-state index is 0.132. The molecule has 1 atom stereocenters. The maximum Gasteiger partial charge on any atom is 0.491 e. The number of hydrogen-bond acceptors (Lipinski definition) is 4. The molecule has 1 heterocycles. The van der Waals surface area contributed by atoms with E-state index < -0.39 is 18.6 Å². The van der Waals surface area contributed by atoms with Crippen LogP contribution in [0.1, 0.15) is 39.0 Å². The van der Waals surface area contributed by atoms with Gasteiger partial charge in [-0.1, -0.05) is 11.6 Å². The first-order valence-electron chi connectivity index (χ1n) is 7.51. The van der Waals surface area contributed by atoms with Crippen LogP contribution in [0, 0.1) is 11.8 Å². The molecule has 0 amide bonds. The smallest absolute Gasteiger partial charge is 0.404 e. The van der Waals surface area contributed by atoms with Crippen molar-refractivity contribution in [3.63, 3.8) is 0 Å². The van der Waals surface area contributed by atoms with E-state index in [1.165, 1.54) is 12.0 Å². The molecule has 1 saturated heterocycles. The van der Waals surface area contributed by atoms with Gasteiger partial charge in [0.05, 0.1) is 13.2 Å². The maximum absolute atomic E-state index is 12.0. The number of hydrogen-bond donors (Lipinski definition) is 0. The third-order valence-corrected chi connectivity index (χ3v) is 4.10. The van der Waals surface area contributed by atoms with E-state index in [-0.39, 0.29) is 19.1 Å². The monoisotopic (exact) mass is 322 g/mol. The Labute approximate surface area is 127 Å². The van der Waals surface area contributed by atoms with Gasteiger partial charge < -0.3 is 14.2 Å². The van der Waals surface area contributed by atoms with Crippen molar-refractivity contribution in [3.8, 4) is 0 Å². The van der Waals surface area contributed by atoms with Gasteiger partial charge in [-0.15, -0.1) is 0 Å². The molecule has 4 nitrogen and oxygen atoms in total. The van der Waals surface area contributed by atoms with Crippen LogP contribution in [0.3, 0.4) is 0 Å². The number of esters is 1. The lowest BCUT2D eigenvalue weighted by Crippen LogP contribution is -2.38. The van der Waals surface area contributed by atoms with Crippen molar-refractivity contribution in [1.29, 1.82) is 0 Å². The summed E-state index contributed by atoms with van der Waals surface area (Å²) in [6.45, 7) is 1.08. The SMILES string of the molecule is CC1=CCC(CCC2COC(OC(=O)C(F)(F)F)OC2)CC1. The van der Waals surface area contributed by atoms with Gasteiger partial charge in [-0.25, -0.2) is 4.79 Å². The Kier molecular flexibility index (Phi) is 5.86. The topological polar surface area (TPSA) is 44.8 Å². The standard InChI is InChI=1S/C15H21F3O4/c1-10-2-4-11(5-3-10)6-7-12-8-20-14(21-9-12)22-13(19)15(16,17)18/h2,11-12,14H,3-9H2,1H3. The molecule has 126 valence electrons. The first-order chi connectivity index (χ1) is 10.3. The first kappa shape index (κ1) is 17.3. The van der Waals surface area contributed by atoms with Gasteiger partial charge in [0.1, 0.15) is 0 Å². The number of ether oxygens (including phenoxy) is 3. The highest BCUT2D eigenvalue weighted by Crippen LogP contribution is 2.29. The van der Waals surface area contributed by atoms with Crippen LogP contribution in [0.4, 0.5) is 13.2 Å². The summed E-state index contributed by atoms with van der Waals surface area (Å²) in [5.74, 6) is -1.50. The molecule has 1 unspecified atom stereocenters. The molecular weight excluding hydrogens is 301 g/mol. The summed E-state index contributed by atoms with van der Waals surface area (Å²) in [5, 5.41) is 0.